The fraction of sp³-hybridized carbons (Fsp3) is 0.562. The lowest BCUT2D eigenvalue weighted by atomic mass is 10.0. The van der Waals surface area contributed by atoms with E-state index in [1.54, 1.807) is 0 Å². The number of piperazine rings is 1. The number of hydrogen-bond acceptors (Lipinski definition) is 3. The highest BCUT2D eigenvalue weighted by atomic mass is 16.6. The second-order valence-electron chi connectivity index (χ2n) is 5.84. The molecule has 2 rings (SSSR count). The lowest BCUT2D eigenvalue weighted by molar-refractivity contribution is 0.0644. The minimum Gasteiger partial charge on any atom is -0.449 e. The molecule has 0 bridgehead atoms. The first-order chi connectivity index (χ1) is 9.58. The Kier molecular flexibility index (Phi) is 5.01. The van der Waals surface area contributed by atoms with Crippen LogP contribution in [0.15, 0.2) is 30.3 Å². The predicted octanol–water partition coefficient (Wildman–Crippen LogP) is 2.81. The van der Waals surface area contributed by atoms with Crippen molar-refractivity contribution in [3.63, 3.8) is 0 Å². The van der Waals surface area contributed by atoms with E-state index in [9.17, 15) is 4.79 Å². The quantitative estimate of drug-likeness (QED) is 0.923. The van der Waals surface area contributed by atoms with Gasteiger partial charge in [-0.25, -0.2) is 4.79 Å². The van der Waals surface area contributed by atoms with Crippen molar-refractivity contribution in [1.29, 1.82) is 0 Å². The van der Waals surface area contributed by atoms with Crippen LogP contribution in [0.25, 0.3) is 0 Å². The average Bonchev–Trinajstić information content (AvgIpc) is 2.46. The summed E-state index contributed by atoms with van der Waals surface area (Å²) < 4.78 is 5.36. The van der Waals surface area contributed by atoms with Crippen molar-refractivity contribution in [2.24, 2.45) is 5.92 Å². The maximum absolute atomic E-state index is 12.2. The third kappa shape index (κ3) is 3.73. The summed E-state index contributed by atoms with van der Waals surface area (Å²) in [4.78, 5) is 14.0. The van der Waals surface area contributed by atoms with Crippen LogP contribution in [0, 0.1) is 5.92 Å². The lowest BCUT2D eigenvalue weighted by Crippen LogP contribution is -2.53. The van der Waals surface area contributed by atoms with Crippen molar-refractivity contribution >= 4 is 6.09 Å². The van der Waals surface area contributed by atoms with Gasteiger partial charge in [0.05, 0.1) is 12.6 Å². The van der Waals surface area contributed by atoms with Gasteiger partial charge >= 0.3 is 6.09 Å². The van der Waals surface area contributed by atoms with Crippen LogP contribution < -0.4 is 5.32 Å². The SMILES string of the molecule is CC(C)COC(=O)N1CC(c2ccccc2)NCC1C. The monoisotopic (exact) mass is 276 g/mol. The summed E-state index contributed by atoms with van der Waals surface area (Å²) in [7, 11) is 0. The number of hydrogen-bond donors (Lipinski definition) is 1. The molecule has 0 saturated carbocycles. The van der Waals surface area contributed by atoms with Crippen molar-refractivity contribution in [2.45, 2.75) is 32.9 Å². The number of benzene rings is 1. The molecule has 2 atom stereocenters. The summed E-state index contributed by atoms with van der Waals surface area (Å²) in [6, 6.07) is 10.6. The van der Waals surface area contributed by atoms with Crippen LogP contribution in [-0.2, 0) is 4.74 Å². The topological polar surface area (TPSA) is 41.6 Å². The molecule has 1 heterocycles. The van der Waals surface area contributed by atoms with Gasteiger partial charge in [-0.1, -0.05) is 44.2 Å². The Morgan fingerprint density at radius 2 is 2.10 bits per heavy atom. The Morgan fingerprint density at radius 1 is 1.40 bits per heavy atom. The van der Waals surface area contributed by atoms with Gasteiger partial charge < -0.3 is 15.0 Å². The van der Waals surface area contributed by atoms with Gasteiger partial charge in [0.15, 0.2) is 0 Å². The first-order valence-corrected chi connectivity index (χ1v) is 7.29. The summed E-state index contributed by atoms with van der Waals surface area (Å²) in [6.45, 7) is 8.05. The van der Waals surface area contributed by atoms with E-state index in [0.29, 0.717) is 19.1 Å². The second kappa shape index (κ2) is 6.75. The zero-order valence-electron chi connectivity index (χ0n) is 12.5. The Balaban J connectivity index is 1.99. The number of carbonyl (C=O) groups is 1. The molecule has 1 saturated heterocycles. The van der Waals surface area contributed by atoms with E-state index in [1.807, 2.05) is 43.9 Å². The van der Waals surface area contributed by atoms with E-state index in [-0.39, 0.29) is 18.2 Å². The number of nitrogens with zero attached hydrogens (tertiary/aromatic N) is 1. The van der Waals surface area contributed by atoms with Crippen LogP contribution >= 0.6 is 0 Å². The zero-order valence-corrected chi connectivity index (χ0v) is 12.5. The molecular formula is C16H24N2O2. The second-order valence-corrected chi connectivity index (χ2v) is 5.84. The number of rotatable bonds is 3. The van der Waals surface area contributed by atoms with Crippen LogP contribution in [0.1, 0.15) is 32.4 Å². The van der Waals surface area contributed by atoms with Gasteiger partial charge in [-0.05, 0) is 18.4 Å². The van der Waals surface area contributed by atoms with Gasteiger partial charge in [-0.15, -0.1) is 0 Å². The molecule has 2 unspecified atom stereocenters. The van der Waals surface area contributed by atoms with Crippen LogP contribution in [0.2, 0.25) is 0 Å². The Hall–Kier alpha value is -1.55. The fourth-order valence-corrected chi connectivity index (χ4v) is 2.35. The number of nitrogens with one attached hydrogen (secondary N) is 1. The van der Waals surface area contributed by atoms with Gasteiger partial charge in [-0.2, -0.15) is 0 Å². The molecule has 1 amide bonds. The number of ether oxygens (including phenoxy) is 1. The van der Waals surface area contributed by atoms with Crippen LogP contribution in [0.5, 0.6) is 0 Å². The summed E-state index contributed by atoms with van der Waals surface area (Å²) >= 11 is 0. The van der Waals surface area contributed by atoms with Crippen LogP contribution in [-0.4, -0.2) is 36.7 Å². The van der Waals surface area contributed by atoms with E-state index in [2.05, 4.69) is 17.4 Å². The van der Waals surface area contributed by atoms with Gasteiger partial charge in [0.1, 0.15) is 0 Å². The maximum atomic E-state index is 12.2. The fourth-order valence-electron chi connectivity index (χ4n) is 2.35. The van der Waals surface area contributed by atoms with Crippen LogP contribution in [0.4, 0.5) is 4.79 Å². The first kappa shape index (κ1) is 14.9. The summed E-state index contributed by atoms with van der Waals surface area (Å²) in [5, 5.41) is 3.49. The van der Waals surface area contributed by atoms with Gasteiger partial charge in [0.25, 0.3) is 0 Å². The molecule has 1 fully saturated rings. The van der Waals surface area contributed by atoms with E-state index in [1.165, 1.54) is 5.56 Å². The third-order valence-electron chi connectivity index (χ3n) is 3.55. The largest absolute Gasteiger partial charge is 0.449 e. The highest BCUT2D eigenvalue weighted by Crippen LogP contribution is 2.20. The molecule has 1 aromatic rings. The van der Waals surface area contributed by atoms with E-state index < -0.39 is 0 Å². The average molecular weight is 276 g/mol. The molecule has 0 aromatic heterocycles. The van der Waals surface area contributed by atoms with Crippen LogP contribution in [0.3, 0.4) is 0 Å². The predicted molar refractivity (Wildman–Crippen MR) is 79.5 cm³/mol. The van der Waals surface area contributed by atoms with E-state index >= 15 is 0 Å². The molecule has 0 radical (unpaired) electrons. The number of carbonyl (C=O) groups excluding carboxylic acids is 1. The van der Waals surface area contributed by atoms with Crippen molar-refractivity contribution in [3.8, 4) is 0 Å². The van der Waals surface area contributed by atoms with E-state index in [0.717, 1.165) is 6.54 Å². The molecule has 4 nitrogen and oxygen atoms in total. The van der Waals surface area contributed by atoms with Crippen molar-refractivity contribution < 1.29 is 9.53 Å². The molecule has 0 spiro atoms. The van der Waals surface area contributed by atoms with E-state index in [4.69, 9.17) is 4.74 Å². The van der Waals surface area contributed by atoms with Crippen molar-refractivity contribution in [3.05, 3.63) is 35.9 Å². The Bertz CT molecular complexity index is 433. The molecule has 1 aliphatic heterocycles. The molecule has 1 aliphatic rings. The van der Waals surface area contributed by atoms with Gasteiger partial charge in [0, 0.05) is 19.1 Å². The van der Waals surface area contributed by atoms with Crippen molar-refractivity contribution in [2.75, 3.05) is 19.7 Å². The summed E-state index contributed by atoms with van der Waals surface area (Å²) in [5.74, 6) is 0.363. The molecule has 20 heavy (non-hydrogen) atoms. The smallest absolute Gasteiger partial charge is 0.410 e. The molecule has 4 heteroatoms. The summed E-state index contributed by atoms with van der Waals surface area (Å²) in [6.07, 6.45) is -0.200. The molecule has 110 valence electrons. The van der Waals surface area contributed by atoms with Gasteiger partial charge in [-0.3, -0.25) is 0 Å². The van der Waals surface area contributed by atoms with Gasteiger partial charge in [0.2, 0.25) is 0 Å². The number of amides is 1. The van der Waals surface area contributed by atoms with Crippen molar-refractivity contribution in [1.82, 2.24) is 10.2 Å². The minimum atomic E-state index is -0.200. The molecular weight excluding hydrogens is 252 g/mol. The lowest BCUT2D eigenvalue weighted by Gasteiger charge is -2.38. The third-order valence-corrected chi connectivity index (χ3v) is 3.55. The minimum absolute atomic E-state index is 0.162. The highest BCUT2D eigenvalue weighted by molar-refractivity contribution is 5.68. The zero-order chi connectivity index (χ0) is 14.5. The summed E-state index contributed by atoms with van der Waals surface area (Å²) in [5.41, 5.74) is 1.21. The molecule has 0 aliphatic carbocycles. The first-order valence-electron chi connectivity index (χ1n) is 7.29. The Labute approximate surface area is 121 Å². The maximum Gasteiger partial charge on any atom is 0.410 e. The molecule has 1 aromatic carbocycles. The molecule has 1 N–H and O–H groups in total. The Morgan fingerprint density at radius 3 is 2.75 bits per heavy atom. The normalized spacial score (nSPS) is 22.9. The standard InChI is InChI=1S/C16H24N2O2/c1-12(2)11-20-16(19)18-10-15(17-9-13(18)3)14-7-5-4-6-8-14/h4-8,12-13,15,17H,9-11H2,1-3H3. The highest BCUT2D eigenvalue weighted by Gasteiger charge is 2.30.